The van der Waals surface area contributed by atoms with Crippen LogP contribution in [0.3, 0.4) is 0 Å². The van der Waals surface area contributed by atoms with Crippen LogP contribution in [0.5, 0.6) is 0 Å². The summed E-state index contributed by atoms with van der Waals surface area (Å²) < 4.78 is 0. The number of hydrogen-bond donors (Lipinski definition) is 0. The van der Waals surface area contributed by atoms with Gasteiger partial charge in [-0.1, -0.05) is 30.2 Å². The van der Waals surface area contributed by atoms with Crippen LogP contribution in [0.4, 0.5) is 34.1 Å². The second kappa shape index (κ2) is 9.73. The molecule has 0 saturated carbocycles. The van der Waals surface area contributed by atoms with Gasteiger partial charge in [-0.25, -0.2) is 0 Å². The van der Waals surface area contributed by atoms with Gasteiger partial charge in [0.05, 0.1) is 44.7 Å². The number of nitroso groups, excluding NO2 is 1. The average molecular weight is 513 g/mol. The van der Waals surface area contributed by atoms with Gasteiger partial charge in [-0.2, -0.15) is 5.26 Å². The molecule has 0 atom stereocenters. The number of carbonyl (C=O) groups is 2. The summed E-state index contributed by atoms with van der Waals surface area (Å²) in [5, 5.41) is 24.3. The molecule has 1 aliphatic rings. The van der Waals surface area contributed by atoms with Crippen LogP contribution in [0, 0.1) is 38.7 Å². The number of fused-ring (bicyclic) bond motifs is 2. The number of benzene rings is 4. The highest BCUT2D eigenvalue weighted by Crippen LogP contribution is 2.44. The number of nitro benzene ring substituents is 1. The van der Waals surface area contributed by atoms with Crippen molar-refractivity contribution in [1.29, 1.82) is 5.26 Å². The molecule has 2 amide bonds. The number of nitrogens with zero attached hydrogens (tertiary/aromatic N) is 5. The molecule has 0 aliphatic carbocycles. The third kappa shape index (κ3) is 4.04. The van der Waals surface area contributed by atoms with Crippen LogP contribution in [0.2, 0.25) is 0 Å². The van der Waals surface area contributed by atoms with Crippen LogP contribution in [-0.4, -0.2) is 16.7 Å². The Morgan fingerprint density at radius 3 is 1.85 bits per heavy atom. The lowest BCUT2D eigenvalue weighted by Crippen LogP contribution is -2.36. The van der Waals surface area contributed by atoms with Crippen molar-refractivity contribution in [3.05, 3.63) is 122 Å². The van der Waals surface area contributed by atoms with Crippen LogP contribution in [-0.2, 0) is 0 Å². The van der Waals surface area contributed by atoms with Crippen molar-refractivity contribution >= 4 is 45.9 Å². The quantitative estimate of drug-likeness (QED) is 0.140. The van der Waals surface area contributed by atoms with Crippen molar-refractivity contribution in [2.45, 2.75) is 0 Å². The van der Waals surface area contributed by atoms with E-state index in [-0.39, 0.29) is 45.1 Å². The second-order valence-corrected chi connectivity index (χ2v) is 8.33. The minimum Gasteiger partial charge on any atom is -0.274 e. The first-order chi connectivity index (χ1) is 18.9. The number of anilines is 4. The third-order valence-electron chi connectivity index (χ3n) is 6.18. The minimum atomic E-state index is -0.695. The number of carbonyl (C=O) groups excluding carboxylic acids is 2. The van der Waals surface area contributed by atoms with Crippen molar-refractivity contribution in [3.63, 3.8) is 0 Å². The molecule has 1 heterocycles. The van der Waals surface area contributed by atoms with Gasteiger partial charge in [0.1, 0.15) is 11.4 Å². The molecule has 0 fully saturated rings. The molecule has 1 aliphatic heterocycles. The summed E-state index contributed by atoms with van der Waals surface area (Å²) in [6, 6.07) is 22.2. The Labute approximate surface area is 221 Å². The van der Waals surface area contributed by atoms with Gasteiger partial charge >= 0.3 is 0 Å². The van der Waals surface area contributed by atoms with Crippen molar-refractivity contribution in [1.82, 2.24) is 0 Å². The van der Waals surface area contributed by atoms with Gasteiger partial charge in [-0.3, -0.25) is 29.5 Å². The molecule has 0 spiro atoms. The zero-order valence-electron chi connectivity index (χ0n) is 19.9. The van der Waals surface area contributed by atoms with E-state index in [4.69, 9.17) is 6.42 Å². The lowest BCUT2D eigenvalue weighted by atomic mass is 10.0. The predicted molar refractivity (Wildman–Crippen MR) is 143 cm³/mol. The SMILES string of the molecule is C#Cc1ccc(N2C(=O)c3ccccc3N(c3ccc(C#N)cc3[N+](=O)[O-])C(=O)c3ccccc32)c(N=O)c1. The Balaban J connectivity index is 1.84. The van der Waals surface area contributed by atoms with Gasteiger partial charge in [0.15, 0.2) is 0 Å². The zero-order chi connectivity index (χ0) is 27.7. The van der Waals surface area contributed by atoms with Crippen molar-refractivity contribution in [3.8, 4) is 18.4 Å². The van der Waals surface area contributed by atoms with Crippen molar-refractivity contribution in [2.75, 3.05) is 9.80 Å². The Kier molecular flexibility index (Phi) is 6.13. The van der Waals surface area contributed by atoms with Crippen LogP contribution in [0.25, 0.3) is 0 Å². The maximum Gasteiger partial charge on any atom is 0.294 e. The number of nitro groups is 1. The topological polar surface area (TPSA) is 137 Å². The Hall–Kier alpha value is -6.13. The minimum absolute atomic E-state index is 0.0249. The molecule has 10 nitrogen and oxygen atoms in total. The summed E-state index contributed by atoms with van der Waals surface area (Å²) in [6.45, 7) is 0. The van der Waals surface area contributed by atoms with Gasteiger partial charge in [0.25, 0.3) is 17.5 Å². The molecule has 10 heteroatoms. The first-order valence-electron chi connectivity index (χ1n) is 11.4. The van der Waals surface area contributed by atoms with Crippen molar-refractivity contribution in [2.24, 2.45) is 5.18 Å². The first-order valence-corrected chi connectivity index (χ1v) is 11.4. The van der Waals surface area contributed by atoms with Gasteiger partial charge in [0.2, 0.25) is 0 Å². The van der Waals surface area contributed by atoms with Gasteiger partial charge in [-0.05, 0) is 59.8 Å². The molecule has 0 aromatic heterocycles. The smallest absolute Gasteiger partial charge is 0.274 e. The van der Waals surface area contributed by atoms with Crippen molar-refractivity contribution < 1.29 is 14.5 Å². The molecule has 0 saturated heterocycles. The summed E-state index contributed by atoms with van der Waals surface area (Å²) in [6.07, 6.45) is 5.46. The average Bonchev–Trinajstić information content (AvgIpc) is 2.97. The highest BCUT2D eigenvalue weighted by Gasteiger charge is 2.37. The Morgan fingerprint density at radius 1 is 0.769 bits per heavy atom. The fraction of sp³-hybridized carbons (Fsp3) is 0. The fourth-order valence-corrected chi connectivity index (χ4v) is 4.44. The van der Waals surface area contributed by atoms with Crippen LogP contribution >= 0.6 is 0 Å². The van der Waals surface area contributed by atoms with E-state index in [1.54, 1.807) is 30.3 Å². The number of terminal acetylenes is 1. The maximum absolute atomic E-state index is 14.2. The normalized spacial score (nSPS) is 12.4. The van der Waals surface area contributed by atoms with E-state index < -0.39 is 22.4 Å². The zero-order valence-corrected chi connectivity index (χ0v) is 19.9. The third-order valence-corrected chi connectivity index (χ3v) is 6.18. The van der Waals surface area contributed by atoms with Crippen LogP contribution in [0.15, 0.2) is 90.1 Å². The first kappa shape index (κ1) is 24.6. The largest absolute Gasteiger partial charge is 0.294 e. The second-order valence-electron chi connectivity index (χ2n) is 8.33. The van der Waals surface area contributed by atoms with Crippen LogP contribution in [0.1, 0.15) is 31.8 Å². The van der Waals surface area contributed by atoms with E-state index >= 15 is 0 Å². The lowest BCUT2D eigenvalue weighted by Gasteiger charge is -2.33. The molecule has 0 N–H and O–H groups in total. The highest BCUT2D eigenvalue weighted by molar-refractivity contribution is 6.25. The van der Waals surface area contributed by atoms with E-state index in [1.165, 1.54) is 53.4 Å². The van der Waals surface area contributed by atoms with E-state index in [0.717, 1.165) is 11.0 Å². The molecule has 0 bridgehead atoms. The molecule has 0 unspecified atom stereocenters. The van der Waals surface area contributed by atoms with Crippen LogP contribution < -0.4 is 9.80 Å². The summed E-state index contributed by atoms with van der Waals surface area (Å²) in [5.41, 5.74) is 0.0248. The Morgan fingerprint density at radius 2 is 1.31 bits per heavy atom. The van der Waals surface area contributed by atoms with E-state index in [0.29, 0.717) is 5.56 Å². The maximum atomic E-state index is 14.2. The summed E-state index contributed by atoms with van der Waals surface area (Å²) in [5.74, 6) is 1.12. The molecule has 5 rings (SSSR count). The molecule has 39 heavy (non-hydrogen) atoms. The number of hydrogen-bond acceptors (Lipinski definition) is 7. The van der Waals surface area contributed by atoms with E-state index in [9.17, 15) is 29.9 Å². The molecule has 0 radical (unpaired) electrons. The molecule has 4 aromatic rings. The summed E-state index contributed by atoms with van der Waals surface area (Å²) in [7, 11) is 0. The molecule has 186 valence electrons. The standard InChI is InChI=1S/C29H15N5O5/c1-2-18-11-13-25(22(15-18)31-37)32-23-9-5-3-7-20(23)29(36)33(24-10-6-4-8-21(24)28(32)35)26-14-12-19(17-30)16-27(26)34(38)39/h1,3-16H. The number of amides is 2. The Bertz CT molecular complexity index is 1800. The number of para-hydroxylation sites is 2. The van der Waals surface area contributed by atoms with Gasteiger partial charge < -0.3 is 0 Å². The number of nitriles is 1. The van der Waals surface area contributed by atoms with Gasteiger partial charge in [0, 0.05) is 11.6 Å². The predicted octanol–water partition coefficient (Wildman–Crippen LogP) is 6.12. The lowest BCUT2D eigenvalue weighted by molar-refractivity contribution is -0.384. The summed E-state index contributed by atoms with van der Waals surface area (Å²) in [4.78, 5) is 53.8. The monoisotopic (exact) mass is 513 g/mol. The molecular formula is C29H15N5O5. The molecular weight excluding hydrogens is 498 g/mol. The summed E-state index contributed by atoms with van der Waals surface area (Å²) >= 11 is 0. The number of rotatable bonds is 4. The fourth-order valence-electron chi connectivity index (χ4n) is 4.44. The van der Waals surface area contributed by atoms with E-state index in [1.807, 2.05) is 6.07 Å². The van der Waals surface area contributed by atoms with Gasteiger partial charge in [-0.15, -0.1) is 11.3 Å². The van der Waals surface area contributed by atoms with E-state index in [2.05, 4.69) is 11.1 Å². The highest BCUT2D eigenvalue weighted by atomic mass is 16.6. The molecule has 4 aromatic carbocycles.